The summed E-state index contributed by atoms with van der Waals surface area (Å²) in [5.74, 6) is 0.587. The maximum atomic E-state index is 10.8. The summed E-state index contributed by atoms with van der Waals surface area (Å²) in [7, 11) is 0. The molecule has 5 nitrogen and oxygen atoms in total. The second kappa shape index (κ2) is 3.22. The van der Waals surface area contributed by atoms with Crippen LogP contribution >= 0.6 is 0 Å². The molecule has 0 fully saturated rings. The van der Waals surface area contributed by atoms with Crippen molar-refractivity contribution in [2.45, 2.75) is 6.54 Å². The molecule has 0 saturated heterocycles. The van der Waals surface area contributed by atoms with Crippen LogP contribution in [0.3, 0.4) is 0 Å². The molecule has 0 aliphatic rings. The number of hydrogen-bond acceptors (Lipinski definition) is 4. The van der Waals surface area contributed by atoms with Gasteiger partial charge in [-0.2, -0.15) is 4.98 Å². The molecule has 0 N–H and O–H groups in total. The van der Waals surface area contributed by atoms with Crippen molar-refractivity contribution in [2.75, 3.05) is 0 Å². The Morgan fingerprint density at radius 3 is 2.77 bits per heavy atom. The maximum absolute atomic E-state index is 10.8. The van der Waals surface area contributed by atoms with Crippen LogP contribution in [0.1, 0.15) is 5.82 Å². The molecule has 0 aliphatic carbocycles. The summed E-state index contributed by atoms with van der Waals surface area (Å²) < 4.78 is 6.37. The van der Waals surface area contributed by atoms with E-state index in [1.807, 2.05) is 0 Å². The molecule has 2 heterocycles. The number of nitrogens with zero attached hydrogens (tertiary/aromatic N) is 3. The highest BCUT2D eigenvalue weighted by Crippen LogP contribution is 1.93. The summed E-state index contributed by atoms with van der Waals surface area (Å²) in [4.78, 5) is 14.6. The Balaban J connectivity index is 2.19. The third-order valence-corrected chi connectivity index (χ3v) is 1.59. The predicted octanol–water partition coefficient (Wildman–Crippen LogP) is 0.280. The molecule has 0 aromatic carbocycles. The smallest absolute Gasteiger partial charge is 0.213 e. The summed E-state index contributed by atoms with van der Waals surface area (Å²) in [6.07, 6.45) is 4.63. The highest BCUT2D eigenvalue weighted by Gasteiger charge is 1.97. The molecule has 2 rings (SSSR count). The first kappa shape index (κ1) is 7.72. The minimum atomic E-state index is -0.00985. The summed E-state index contributed by atoms with van der Waals surface area (Å²) in [5.41, 5.74) is -0.00985. The van der Waals surface area contributed by atoms with Gasteiger partial charge in [-0.15, -0.1) is 0 Å². The molecule has 2 aromatic rings. The number of aromatic nitrogens is 3. The number of pyridine rings is 1. The first-order valence-corrected chi connectivity index (χ1v) is 3.76. The van der Waals surface area contributed by atoms with Gasteiger partial charge in [0, 0.05) is 24.5 Å². The van der Waals surface area contributed by atoms with Gasteiger partial charge in [0.25, 0.3) is 0 Å². The predicted molar refractivity (Wildman–Crippen MR) is 44.1 cm³/mol. The highest BCUT2D eigenvalue weighted by atomic mass is 16.5. The SMILES string of the molecule is O=c1ccn(Cc2ncon2)cc1. The summed E-state index contributed by atoms with van der Waals surface area (Å²) in [6, 6.07) is 2.97. The first-order valence-electron chi connectivity index (χ1n) is 3.76. The lowest BCUT2D eigenvalue weighted by Crippen LogP contribution is -2.05. The third-order valence-electron chi connectivity index (χ3n) is 1.59. The van der Waals surface area contributed by atoms with Crippen molar-refractivity contribution in [3.63, 3.8) is 0 Å². The molecule has 0 amide bonds. The number of rotatable bonds is 2. The molecule has 13 heavy (non-hydrogen) atoms. The highest BCUT2D eigenvalue weighted by molar-refractivity contribution is 4.95. The van der Waals surface area contributed by atoms with Gasteiger partial charge in [-0.1, -0.05) is 5.16 Å². The van der Waals surface area contributed by atoms with Crippen LogP contribution in [0.5, 0.6) is 0 Å². The van der Waals surface area contributed by atoms with Crippen molar-refractivity contribution in [1.29, 1.82) is 0 Å². The normalized spacial score (nSPS) is 10.2. The second-order valence-corrected chi connectivity index (χ2v) is 2.55. The Morgan fingerprint density at radius 2 is 2.15 bits per heavy atom. The largest absolute Gasteiger partial charge is 0.346 e. The average Bonchev–Trinajstić information content (AvgIpc) is 2.62. The molecule has 0 radical (unpaired) electrons. The van der Waals surface area contributed by atoms with Crippen molar-refractivity contribution >= 4 is 0 Å². The van der Waals surface area contributed by atoms with E-state index in [1.54, 1.807) is 17.0 Å². The van der Waals surface area contributed by atoms with Gasteiger partial charge in [0.05, 0.1) is 6.54 Å². The van der Waals surface area contributed by atoms with E-state index in [0.717, 1.165) is 0 Å². The van der Waals surface area contributed by atoms with Crippen LogP contribution in [-0.4, -0.2) is 14.7 Å². The Morgan fingerprint density at radius 1 is 1.38 bits per heavy atom. The molecular weight excluding hydrogens is 170 g/mol. The van der Waals surface area contributed by atoms with Gasteiger partial charge < -0.3 is 9.09 Å². The summed E-state index contributed by atoms with van der Waals surface area (Å²) in [5, 5.41) is 3.65. The van der Waals surface area contributed by atoms with Crippen LogP contribution in [-0.2, 0) is 6.54 Å². The first-order chi connectivity index (χ1) is 6.34. The molecular formula is C8H7N3O2. The van der Waals surface area contributed by atoms with Crippen LogP contribution in [0, 0.1) is 0 Å². The van der Waals surface area contributed by atoms with Gasteiger partial charge >= 0.3 is 0 Å². The van der Waals surface area contributed by atoms with E-state index >= 15 is 0 Å². The van der Waals surface area contributed by atoms with E-state index in [-0.39, 0.29) is 5.43 Å². The molecule has 0 spiro atoms. The lowest BCUT2D eigenvalue weighted by molar-refractivity contribution is 0.408. The van der Waals surface area contributed by atoms with Gasteiger partial charge in [-0.05, 0) is 0 Å². The van der Waals surface area contributed by atoms with Crippen molar-refractivity contribution < 1.29 is 4.52 Å². The van der Waals surface area contributed by atoms with E-state index in [0.29, 0.717) is 12.4 Å². The van der Waals surface area contributed by atoms with Crippen LogP contribution in [0.4, 0.5) is 0 Å². The van der Waals surface area contributed by atoms with Crippen molar-refractivity contribution in [1.82, 2.24) is 14.7 Å². The molecule has 0 aliphatic heterocycles. The Labute approximate surface area is 73.6 Å². The van der Waals surface area contributed by atoms with Crippen LogP contribution in [0.25, 0.3) is 0 Å². The molecule has 5 heteroatoms. The van der Waals surface area contributed by atoms with E-state index in [4.69, 9.17) is 0 Å². The van der Waals surface area contributed by atoms with Gasteiger partial charge in [-0.3, -0.25) is 4.79 Å². The molecule has 2 aromatic heterocycles. The third kappa shape index (κ3) is 1.81. The minimum absolute atomic E-state index is 0.00985. The van der Waals surface area contributed by atoms with E-state index in [1.165, 1.54) is 18.5 Å². The Bertz CT molecular complexity index is 412. The fraction of sp³-hybridized carbons (Fsp3) is 0.125. The standard InChI is InChI=1S/C8H7N3O2/c12-7-1-3-11(4-2-7)5-8-9-6-13-10-8/h1-4,6H,5H2. The summed E-state index contributed by atoms with van der Waals surface area (Å²) >= 11 is 0. The summed E-state index contributed by atoms with van der Waals surface area (Å²) in [6.45, 7) is 0.511. The maximum Gasteiger partial charge on any atom is 0.213 e. The lowest BCUT2D eigenvalue weighted by atomic mass is 10.4. The van der Waals surface area contributed by atoms with Gasteiger partial charge in [0.2, 0.25) is 6.39 Å². The van der Waals surface area contributed by atoms with Gasteiger partial charge in [-0.25, -0.2) is 0 Å². The van der Waals surface area contributed by atoms with Crippen molar-refractivity contribution in [3.8, 4) is 0 Å². The zero-order chi connectivity index (χ0) is 9.10. The molecule has 66 valence electrons. The molecule has 0 bridgehead atoms. The second-order valence-electron chi connectivity index (χ2n) is 2.55. The van der Waals surface area contributed by atoms with E-state index < -0.39 is 0 Å². The quantitative estimate of drug-likeness (QED) is 0.661. The monoisotopic (exact) mass is 177 g/mol. The number of hydrogen-bond donors (Lipinski definition) is 0. The van der Waals surface area contributed by atoms with Gasteiger partial charge in [0.1, 0.15) is 0 Å². The van der Waals surface area contributed by atoms with Crippen molar-refractivity contribution in [2.24, 2.45) is 0 Å². The Kier molecular flexibility index (Phi) is 1.91. The molecule has 0 atom stereocenters. The zero-order valence-electron chi connectivity index (χ0n) is 6.75. The van der Waals surface area contributed by atoms with E-state index in [9.17, 15) is 4.79 Å². The zero-order valence-corrected chi connectivity index (χ0v) is 6.75. The fourth-order valence-electron chi connectivity index (χ4n) is 0.974. The van der Waals surface area contributed by atoms with Crippen LogP contribution in [0.15, 0.2) is 40.2 Å². The average molecular weight is 177 g/mol. The van der Waals surface area contributed by atoms with Crippen LogP contribution in [0.2, 0.25) is 0 Å². The topological polar surface area (TPSA) is 60.9 Å². The van der Waals surface area contributed by atoms with Crippen molar-refractivity contribution in [3.05, 3.63) is 47.0 Å². The van der Waals surface area contributed by atoms with Crippen LogP contribution < -0.4 is 5.43 Å². The van der Waals surface area contributed by atoms with Gasteiger partial charge in [0.15, 0.2) is 11.3 Å². The van der Waals surface area contributed by atoms with E-state index in [2.05, 4.69) is 14.7 Å². The molecule has 0 saturated carbocycles. The Hall–Kier alpha value is -1.91. The molecule has 0 unspecified atom stereocenters. The fourth-order valence-corrected chi connectivity index (χ4v) is 0.974. The minimum Gasteiger partial charge on any atom is -0.346 e. The lowest BCUT2D eigenvalue weighted by Gasteiger charge is -1.99.